The lowest BCUT2D eigenvalue weighted by molar-refractivity contribution is 0.0697. The highest BCUT2D eigenvalue weighted by atomic mass is 16.4. The summed E-state index contributed by atoms with van der Waals surface area (Å²) in [6.45, 7) is 1.64. The van der Waals surface area contributed by atoms with Gasteiger partial charge < -0.3 is 10.9 Å². The summed E-state index contributed by atoms with van der Waals surface area (Å²) in [5.74, 6) is 10.2. The van der Waals surface area contributed by atoms with Crippen molar-refractivity contribution >= 4 is 17.5 Å². The molecule has 0 aliphatic rings. The lowest BCUT2D eigenvalue weighted by atomic mass is 10.2. The van der Waals surface area contributed by atoms with E-state index in [-0.39, 0.29) is 5.56 Å². The number of amidine groups is 1. The molecule has 1 aromatic carbocycles. The topological polar surface area (TPSA) is 105 Å². The Kier molecular flexibility index (Phi) is 3.25. The summed E-state index contributed by atoms with van der Waals surface area (Å²) in [5.41, 5.74) is 0.821. The predicted octanol–water partition coefficient (Wildman–Crippen LogP) is 0.357. The molecule has 1 aromatic rings. The molecular weight excluding hydrogens is 196 g/mol. The molecule has 6 heteroatoms. The molecule has 0 aliphatic carbocycles. The molecule has 0 bridgehead atoms. The van der Waals surface area contributed by atoms with Gasteiger partial charge in [0.25, 0.3) is 0 Å². The van der Waals surface area contributed by atoms with Crippen LogP contribution in [-0.2, 0) is 0 Å². The monoisotopic (exact) mass is 208 g/mol. The minimum absolute atomic E-state index is 0.203. The van der Waals surface area contributed by atoms with Gasteiger partial charge in [-0.1, -0.05) is 0 Å². The first-order valence-corrected chi connectivity index (χ1v) is 4.19. The molecule has 0 amide bonds. The van der Waals surface area contributed by atoms with E-state index >= 15 is 0 Å². The van der Waals surface area contributed by atoms with Crippen molar-refractivity contribution in [3.63, 3.8) is 0 Å². The van der Waals surface area contributed by atoms with Crippen LogP contribution in [0.5, 0.6) is 0 Å². The minimum Gasteiger partial charge on any atom is -0.478 e. The van der Waals surface area contributed by atoms with E-state index in [4.69, 9.17) is 16.8 Å². The average molecular weight is 208 g/mol. The number of benzene rings is 1. The summed E-state index contributed by atoms with van der Waals surface area (Å²) in [6, 6.07) is 6.08. The number of hydrazine groups is 1. The molecule has 0 radical (unpaired) electrons. The van der Waals surface area contributed by atoms with E-state index in [9.17, 15) is 4.79 Å². The molecule has 80 valence electrons. The van der Waals surface area contributed by atoms with E-state index in [1.54, 1.807) is 19.1 Å². The SMILES string of the molecule is C/C(=N/N)N(N)c1ccc(C(=O)O)cc1. The van der Waals surface area contributed by atoms with Gasteiger partial charge in [0.15, 0.2) is 0 Å². The maximum atomic E-state index is 10.6. The first-order chi connectivity index (χ1) is 7.06. The van der Waals surface area contributed by atoms with Crippen LogP contribution in [0, 0.1) is 0 Å². The van der Waals surface area contributed by atoms with Gasteiger partial charge in [-0.2, -0.15) is 5.10 Å². The number of hydrazone groups is 1. The van der Waals surface area contributed by atoms with Crippen molar-refractivity contribution in [3.8, 4) is 0 Å². The first-order valence-electron chi connectivity index (χ1n) is 4.19. The molecule has 0 fully saturated rings. The molecule has 0 aromatic heterocycles. The fraction of sp³-hybridized carbons (Fsp3) is 0.111. The van der Waals surface area contributed by atoms with Crippen molar-refractivity contribution in [2.45, 2.75) is 6.92 Å². The number of nitrogens with zero attached hydrogens (tertiary/aromatic N) is 2. The van der Waals surface area contributed by atoms with Crippen molar-refractivity contribution in [1.82, 2.24) is 0 Å². The van der Waals surface area contributed by atoms with Gasteiger partial charge in [-0.25, -0.2) is 10.6 Å². The molecule has 1 rings (SSSR count). The Labute approximate surface area is 86.8 Å². The summed E-state index contributed by atoms with van der Waals surface area (Å²) in [5, 5.41) is 13.4. The second kappa shape index (κ2) is 4.43. The van der Waals surface area contributed by atoms with Crippen LogP contribution in [0.25, 0.3) is 0 Å². The summed E-state index contributed by atoms with van der Waals surface area (Å²) < 4.78 is 0. The number of hydrogen-bond donors (Lipinski definition) is 3. The van der Waals surface area contributed by atoms with Crippen molar-refractivity contribution in [1.29, 1.82) is 0 Å². The van der Waals surface area contributed by atoms with Crippen molar-refractivity contribution in [2.24, 2.45) is 16.8 Å². The Morgan fingerprint density at radius 1 is 1.40 bits per heavy atom. The van der Waals surface area contributed by atoms with Crippen LogP contribution in [0.4, 0.5) is 5.69 Å². The normalized spacial score (nSPS) is 11.2. The molecule has 5 N–H and O–H groups in total. The van der Waals surface area contributed by atoms with Gasteiger partial charge in [0.1, 0.15) is 5.84 Å². The number of carboxylic acid groups (broad SMARTS) is 1. The van der Waals surface area contributed by atoms with Crippen molar-refractivity contribution in [2.75, 3.05) is 5.01 Å². The zero-order valence-electron chi connectivity index (χ0n) is 8.21. The minimum atomic E-state index is -0.977. The third-order valence-corrected chi connectivity index (χ3v) is 1.93. The standard InChI is InChI=1S/C9H12N4O2/c1-6(12-10)13(11)8-4-2-7(3-5-8)9(14)15/h2-5H,10-11H2,1H3,(H,14,15)/b12-6-. The smallest absolute Gasteiger partial charge is 0.335 e. The summed E-state index contributed by atoms with van der Waals surface area (Å²) in [7, 11) is 0. The van der Waals surface area contributed by atoms with Crippen LogP contribution in [0.1, 0.15) is 17.3 Å². The Morgan fingerprint density at radius 3 is 2.33 bits per heavy atom. The van der Waals surface area contributed by atoms with Gasteiger partial charge >= 0.3 is 5.97 Å². The molecule has 6 nitrogen and oxygen atoms in total. The zero-order valence-corrected chi connectivity index (χ0v) is 8.21. The van der Waals surface area contributed by atoms with E-state index < -0.39 is 5.97 Å². The molecular formula is C9H12N4O2. The maximum absolute atomic E-state index is 10.6. The van der Waals surface area contributed by atoms with Gasteiger partial charge in [-0.05, 0) is 31.2 Å². The van der Waals surface area contributed by atoms with Gasteiger partial charge in [-0.3, -0.25) is 5.01 Å². The lowest BCUT2D eigenvalue weighted by Gasteiger charge is -2.16. The van der Waals surface area contributed by atoms with Crippen molar-refractivity contribution in [3.05, 3.63) is 29.8 Å². The summed E-state index contributed by atoms with van der Waals surface area (Å²) >= 11 is 0. The third-order valence-electron chi connectivity index (χ3n) is 1.93. The van der Waals surface area contributed by atoms with E-state index in [1.165, 1.54) is 17.1 Å². The van der Waals surface area contributed by atoms with E-state index in [2.05, 4.69) is 5.10 Å². The van der Waals surface area contributed by atoms with Crippen LogP contribution in [-0.4, -0.2) is 16.9 Å². The van der Waals surface area contributed by atoms with Crippen LogP contribution in [0.15, 0.2) is 29.4 Å². The molecule has 0 aliphatic heterocycles. The third kappa shape index (κ3) is 2.44. The number of nitrogens with two attached hydrogens (primary N) is 2. The second-order valence-electron chi connectivity index (χ2n) is 2.90. The lowest BCUT2D eigenvalue weighted by Crippen LogP contribution is -2.36. The van der Waals surface area contributed by atoms with Gasteiger partial charge in [0.2, 0.25) is 0 Å². The van der Waals surface area contributed by atoms with Gasteiger partial charge in [-0.15, -0.1) is 0 Å². The number of rotatable bonds is 2. The molecule has 0 spiro atoms. The molecule has 15 heavy (non-hydrogen) atoms. The fourth-order valence-corrected chi connectivity index (χ4v) is 1.01. The van der Waals surface area contributed by atoms with Gasteiger partial charge in [0.05, 0.1) is 11.3 Å². The number of anilines is 1. The molecule has 0 saturated heterocycles. The zero-order chi connectivity index (χ0) is 11.4. The number of hydrogen-bond acceptors (Lipinski definition) is 4. The van der Waals surface area contributed by atoms with Gasteiger partial charge in [0, 0.05) is 0 Å². The fourth-order valence-electron chi connectivity index (χ4n) is 1.01. The number of carbonyl (C=O) groups is 1. The quantitative estimate of drug-likeness (QED) is 0.281. The summed E-state index contributed by atoms with van der Waals surface area (Å²) in [6.07, 6.45) is 0. The predicted molar refractivity (Wildman–Crippen MR) is 57.4 cm³/mol. The summed E-state index contributed by atoms with van der Waals surface area (Å²) in [4.78, 5) is 10.6. The molecule has 0 unspecified atom stereocenters. The average Bonchev–Trinajstić information content (AvgIpc) is 2.27. The van der Waals surface area contributed by atoms with E-state index in [1.807, 2.05) is 0 Å². The molecule has 0 atom stereocenters. The highest BCUT2D eigenvalue weighted by Gasteiger charge is 2.06. The van der Waals surface area contributed by atoms with Crippen LogP contribution in [0.2, 0.25) is 0 Å². The van der Waals surface area contributed by atoms with E-state index in [0.717, 1.165) is 0 Å². The van der Waals surface area contributed by atoms with Crippen molar-refractivity contribution < 1.29 is 9.90 Å². The highest BCUT2D eigenvalue weighted by molar-refractivity contribution is 5.95. The Bertz CT molecular complexity index is 386. The highest BCUT2D eigenvalue weighted by Crippen LogP contribution is 2.12. The second-order valence-corrected chi connectivity index (χ2v) is 2.90. The molecule has 0 heterocycles. The Balaban J connectivity index is 2.94. The first kappa shape index (κ1) is 11.0. The van der Waals surface area contributed by atoms with Crippen LogP contribution >= 0.6 is 0 Å². The molecule has 0 saturated carbocycles. The van der Waals surface area contributed by atoms with Crippen LogP contribution < -0.4 is 16.7 Å². The number of aromatic carboxylic acids is 1. The largest absolute Gasteiger partial charge is 0.478 e. The van der Waals surface area contributed by atoms with Crippen LogP contribution in [0.3, 0.4) is 0 Å². The maximum Gasteiger partial charge on any atom is 0.335 e. The van der Waals surface area contributed by atoms with E-state index in [0.29, 0.717) is 11.5 Å². The Morgan fingerprint density at radius 2 is 1.93 bits per heavy atom. The Hall–Kier alpha value is -2.08. The number of carboxylic acids is 1.